The van der Waals surface area contributed by atoms with E-state index in [-0.39, 0.29) is 18.4 Å². The molecule has 1 atom stereocenters. The first-order chi connectivity index (χ1) is 13.7. The van der Waals surface area contributed by atoms with Crippen LogP contribution in [-0.2, 0) is 17.6 Å². The van der Waals surface area contributed by atoms with Gasteiger partial charge in [0.15, 0.2) is 0 Å². The van der Waals surface area contributed by atoms with Gasteiger partial charge in [-0.2, -0.15) is 0 Å². The number of likely N-dealkylation sites (tertiary alicyclic amines) is 1. The Morgan fingerprint density at radius 3 is 2.10 bits per heavy atom. The summed E-state index contributed by atoms with van der Waals surface area (Å²) in [5.74, 6) is -0.657. The number of para-hydroxylation sites is 2. The lowest BCUT2D eigenvalue weighted by Gasteiger charge is -2.33. The maximum atomic E-state index is 11.5. The van der Waals surface area contributed by atoms with Crippen molar-refractivity contribution in [1.29, 1.82) is 0 Å². The van der Waals surface area contributed by atoms with Gasteiger partial charge in [-0.3, -0.25) is 9.69 Å². The van der Waals surface area contributed by atoms with Gasteiger partial charge in [0, 0.05) is 17.9 Å². The number of hydrogen-bond donors (Lipinski definition) is 1. The van der Waals surface area contributed by atoms with Crippen molar-refractivity contribution in [2.24, 2.45) is 0 Å². The predicted octanol–water partition coefficient (Wildman–Crippen LogP) is 5.06. The fraction of sp³-hybridized carbons (Fsp3) is 0.458. The average Bonchev–Trinajstić information content (AvgIpc) is 2.88. The first kappa shape index (κ1) is 21.7. The minimum Gasteiger partial charge on any atom is -0.480 e. The van der Waals surface area contributed by atoms with Crippen LogP contribution in [0.3, 0.4) is 0 Å². The molecule has 4 nitrogen and oxygen atoms in total. The van der Waals surface area contributed by atoms with Crippen LogP contribution in [0.5, 0.6) is 0 Å². The zero-order chi connectivity index (χ0) is 19.3. The fourth-order valence-corrected chi connectivity index (χ4v) is 4.73. The molecule has 1 saturated heterocycles. The van der Waals surface area contributed by atoms with Crippen molar-refractivity contribution in [2.45, 2.75) is 51.0 Å². The minimum absolute atomic E-state index is 0. The zero-order valence-corrected chi connectivity index (χ0v) is 17.7. The summed E-state index contributed by atoms with van der Waals surface area (Å²) in [6.45, 7) is 2.78. The van der Waals surface area contributed by atoms with Gasteiger partial charge >= 0.3 is 5.97 Å². The number of aliphatic carboxylic acids is 1. The number of halogens is 1. The zero-order valence-electron chi connectivity index (χ0n) is 16.9. The highest BCUT2D eigenvalue weighted by molar-refractivity contribution is 5.85. The summed E-state index contributed by atoms with van der Waals surface area (Å²) in [5, 5.41) is 9.47. The van der Waals surface area contributed by atoms with E-state index in [1.165, 1.54) is 22.5 Å². The van der Waals surface area contributed by atoms with Crippen LogP contribution in [0.4, 0.5) is 11.4 Å². The summed E-state index contributed by atoms with van der Waals surface area (Å²) in [4.78, 5) is 16.2. The number of aryl methyl sites for hydroxylation is 2. The van der Waals surface area contributed by atoms with Gasteiger partial charge in [0.1, 0.15) is 6.04 Å². The van der Waals surface area contributed by atoms with Crippen LogP contribution < -0.4 is 4.90 Å². The minimum atomic E-state index is -0.657. The second-order valence-corrected chi connectivity index (χ2v) is 8.00. The molecule has 0 radical (unpaired) electrons. The molecule has 1 fully saturated rings. The van der Waals surface area contributed by atoms with E-state index in [2.05, 4.69) is 58.3 Å². The number of nitrogens with zero attached hydrogens (tertiary/aromatic N) is 2. The van der Waals surface area contributed by atoms with E-state index in [1.807, 2.05) is 0 Å². The van der Waals surface area contributed by atoms with Gasteiger partial charge in [0.05, 0.1) is 0 Å². The number of fused-ring (bicyclic) bond motifs is 2. The topological polar surface area (TPSA) is 43.8 Å². The van der Waals surface area contributed by atoms with Crippen molar-refractivity contribution in [3.63, 3.8) is 0 Å². The summed E-state index contributed by atoms with van der Waals surface area (Å²) >= 11 is 0. The lowest BCUT2D eigenvalue weighted by atomic mass is 10.0. The largest absolute Gasteiger partial charge is 0.480 e. The standard InChI is InChI=1S/C24H30N2O2.ClH/c27-24(28)23-13-5-6-16-25(23)17-7-8-18-26-21-11-3-1-9-19(21)14-15-20-10-2-4-12-22(20)26;/h1-4,9-12,23H,5-8,13-18H2,(H,27,28);1H/t23-;/m1./s1. The SMILES string of the molecule is Cl.O=C(O)[C@H]1CCCCN1CCCCN1c2ccccc2CCc2ccccc21. The molecule has 0 bridgehead atoms. The Hall–Kier alpha value is -2.04. The molecule has 2 heterocycles. The number of anilines is 2. The molecule has 0 spiro atoms. The monoisotopic (exact) mass is 414 g/mol. The van der Waals surface area contributed by atoms with Crippen LogP contribution in [0, 0.1) is 0 Å². The van der Waals surface area contributed by atoms with Gasteiger partial charge in [0.25, 0.3) is 0 Å². The van der Waals surface area contributed by atoms with E-state index in [0.29, 0.717) is 0 Å². The number of carbonyl (C=O) groups is 1. The van der Waals surface area contributed by atoms with Crippen molar-refractivity contribution in [1.82, 2.24) is 4.90 Å². The number of benzene rings is 2. The molecule has 1 N–H and O–H groups in total. The van der Waals surface area contributed by atoms with E-state index in [4.69, 9.17) is 0 Å². The molecule has 0 saturated carbocycles. The number of hydrogen-bond acceptors (Lipinski definition) is 3. The van der Waals surface area contributed by atoms with Gasteiger partial charge in [-0.1, -0.05) is 42.8 Å². The average molecular weight is 415 g/mol. The number of rotatable bonds is 6. The highest BCUT2D eigenvalue weighted by atomic mass is 35.5. The Labute approximate surface area is 179 Å². The van der Waals surface area contributed by atoms with Crippen LogP contribution in [0.2, 0.25) is 0 Å². The third kappa shape index (κ3) is 4.93. The van der Waals surface area contributed by atoms with Crippen LogP contribution >= 0.6 is 12.4 Å². The summed E-state index contributed by atoms with van der Waals surface area (Å²) in [6.07, 6.45) is 7.21. The Morgan fingerprint density at radius 1 is 0.897 bits per heavy atom. The summed E-state index contributed by atoms with van der Waals surface area (Å²) in [6, 6.07) is 17.2. The first-order valence-electron chi connectivity index (χ1n) is 10.6. The van der Waals surface area contributed by atoms with Crippen LogP contribution in [0.1, 0.15) is 43.2 Å². The van der Waals surface area contributed by atoms with Crippen molar-refractivity contribution >= 4 is 29.8 Å². The Balaban J connectivity index is 0.00000240. The van der Waals surface area contributed by atoms with Crippen molar-refractivity contribution in [3.8, 4) is 0 Å². The van der Waals surface area contributed by atoms with Crippen molar-refractivity contribution < 1.29 is 9.90 Å². The van der Waals surface area contributed by atoms with Gasteiger partial charge in [-0.15, -0.1) is 12.4 Å². The molecule has 29 heavy (non-hydrogen) atoms. The van der Waals surface area contributed by atoms with Gasteiger partial charge in [-0.05, 0) is 74.9 Å². The molecule has 0 aliphatic carbocycles. The van der Waals surface area contributed by atoms with Crippen molar-refractivity contribution in [3.05, 3.63) is 59.7 Å². The molecule has 5 heteroatoms. The maximum absolute atomic E-state index is 11.5. The molecular weight excluding hydrogens is 384 g/mol. The second-order valence-electron chi connectivity index (χ2n) is 8.00. The Morgan fingerprint density at radius 2 is 1.48 bits per heavy atom. The highest BCUT2D eigenvalue weighted by Gasteiger charge is 2.27. The molecule has 2 aliphatic rings. The first-order valence-corrected chi connectivity index (χ1v) is 10.6. The second kappa shape index (κ2) is 10.1. The third-order valence-corrected chi connectivity index (χ3v) is 6.20. The molecule has 2 aromatic rings. The Kier molecular flexibility index (Phi) is 7.57. The summed E-state index contributed by atoms with van der Waals surface area (Å²) in [5.41, 5.74) is 5.49. The third-order valence-electron chi connectivity index (χ3n) is 6.20. The van der Waals surface area contributed by atoms with Crippen LogP contribution in [-0.4, -0.2) is 41.7 Å². The highest BCUT2D eigenvalue weighted by Crippen LogP contribution is 2.36. The number of piperidine rings is 1. The van der Waals surface area contributed by atoms with Gasteiger partial charge in [0.2, 0.25) is 0 Å². The van der Waals surface area contributed by atoms with E-state index < -0.39 is 5.97 Å². The molecule has 2 aliphatic heterocycles. The lowest BCUT2D eigenvalue weighted by molar-refractivity contribution is -0.144. The summed E-state index contributed by atoms with van der Waals surface area (Å²) < 4.78 is 0. The fourth-order valence-electron chi connectivity index (χ4n) is 4.73. The molecule has 156 valence electrons. The molecule has 2 aromatic carbocycles. The smallest absolute Gasteiger partial charge is 0.320 e. The lowest BCUT2D eigenvalue weighted by Crippen LogP contribution is -2.45. The van der Waals surface area contributed by atoms with E-state index in [0.717, 1.165) is 64.6 Å². The number of carboxylic acids is 1. The van der Waals surface area contributed by atoms with Gasteiger partial charge < -0.3 is 10.0 Å². The van der Waals surface area contributed by atoms with Crippen LogP contribution in [0.25, 0.3) is 0 Å². The van der Waals surface area contributed by atoms with E-state index in [9.17, 15) is 9.90 Å². The van der Waals surface area contributed by atoms with Crippen LogP contribution in [0.15, 0.2) is 48.5 Å². The Bertz CT molecular complexity index is 779. The van der Waals surface area contributed by atoms with E-state index in [1.54, 1.807) is 0 Å². The quantitative estimate of drug-likeness (QED) is 0.670. The molecule has 4 rings (SSSR count). The summed E-state index contributed by atoms with van der Waals surface area (Å²) in [7, 11) is 0. The normalized spacial score (nSPS) is 18.9. The van der Waals surface area contributed by atoms with Gasteiger partial charge in [-0.25, -0.2) is 0 Å². The molecular formula is C24H31ClN2O2. The predicted molar refractivity (Wildman–Crippen MR) is 121 cm³/mol. The molecule has 0 unspecified atom stereocenters. The maximum Gasteiger partial charge on any atom is 0.320 e. The molecule has 0 amide bonds. The number of carboxylic acid groups (broad SMARTS) is 1. The van der Waals surface area contributed by atoms with Crippen molar-refractivity contribution in [2.75, 3.05) is 24.5 Å². The number of unbranched alkanes of at least 4 members (excludes halogenated alkanes) is 1. The molecule has 0 aromatic heterocycles. The van der Waals surface area contributed by atoms with E-state index >= 15 is 0 Å².